The van der Waals surface area contributed by atoms with Crippen LogP contribution in [0.15, 0.2) is 53.3 Å². The maximum absolute atomic E-state index is 13.0. The normalized spacial score (nSPS) is 16.6. The molecule has 1 N–H and O–H groups in total. The second-order valence-electron chi connectivity index (χ2n) is 6.99. The van der Waals surface area contributed by atoms with Crippen LogP contribution in [0.1, 0.15) is 33.8 Å². The van der Waals surface area contributed by atoms with E-state index in [9.17, 15) is 14.0 Å². The molecule has 3 heterocycles. The summed E-state index contributed by atoms with van der Waals surface area (Å²) in [7, 11) is 0. The van der Waals surface area contributed by atoms with E-state index in [1.165, 1.54) is 29.7 Å². The fourth-order valence-electron chi connectivity index (χ4n) is 3.39. The van der Waals surface area contributed by atoms with Gasteiger partial charge < -0.3 is 14.6 Å². The van der Waals surface area contributed by atoms with Crippen LogP contribution in [0.25, 0.3) is 0 Å². The number of nitrogens with zero attached hydrogens (tertiary/aromatic N) is 2. The third-order valence-electron chi connectivity index (χ3n) is 4.89. The molecule has 2 amide bonds. The maximum atomic E-state index is 13.0. The molecule has 0 spiro atoms. The Kier molecular flexibility index (Phi) is 5.71. The molecule has 2 aromatic heterocycles. The van der Waals surface area contributed by atoms with E-state index in [1.807, 2.05) is 0 Å². The van der Waals surface area contributed by atoms with Gasteiger partial charge in [0.1, 0.15) is 5.82 Å². The first-order valence-corrected chi connectivity index (χ1v) is 10.2. The van der Waals surface area contributed by atoms with Crippen molar-refractivity contribution in [1.29, 1.82) is 0 Å². The van der Waals surface area contributed by atoms with Gasteiger partial charge in [0.2, 0.25) is 5.91 Å². The van der Waals surface area contributed by atoms with Crippen LogP contribution < -0.4 is 5.32 Å². The summed E-state index contributed by atoms with van der Waals surface area (Å²) in [4.78, 5) is 32.0. The van der Waals surface area contributed by atoms with Crippen molar-refractivity contribution in [2.45, 2.75) is 19.3 Å². The summed E-state index contributed by atoms with van der Waals surface area (Å²) in [5, 5.41) is 3.40. The summed E-state index contributed by atoms with van der Waals surface area (Å²) in [6, 6.07) is 9.63. The summed E-state index contributed by atoms with van der Waals surface area (Å²) in [6.07, 6.45) is 5.30. The Labute approximate surface area is 171 Å². The van der Waals surface area contributed by atoms with Crippen molar-refractivity contribution in [2.24, 2.45) is 5.92 Å². The monoisotopic (exact) mass is 413 g/mol. The highest BCUT2D eigenvalue weighted by Crippen LogP contribution is 2.24. The molecular weight excluding hydrogens is 393 g/mol. The molecule has 1 atom stereocenters. The Morgan fingerprint density at radius 1 is 1.28 bits per heavy atom. The lowest BCUT2D eigenvalue weighted by molar-refractivity contribution is -0.121. The first-order valence-electron chi connectivity index (χ1n) is 9.41. The number of likely N-dealkylation sites (tertiary alicyclic amines) is 1. The van der Waals surface area contributed by atoms with Gasteiger partial charge in [0.05, 0.1) is 12.2 Å². The second-order valence-corrected chi connectivity index (χ2v) is 8.11. The average molecular weight is 413 g/mol. The number of aromatic nitrogens is 1. The zero-order chi connectivity index (χ0) is 20.2. The fourth-order valence-corrected chi connectivity index (χ4v) is 4.24. The number of rotatable bonds is 5. The van der Waals surface area contributed by atoms with Gasteiger partial charge in [0.25, 0.3) is 5.91 Å². The van der Waals surface area contributed by atoms with Crippen LogP contribution in [0.4, 0.5) is 9.52 Å². The van der Waals surface area contributed by atoms with E-state index in [2.05, 4.69) is 10.3 Å². The van der Waals surface area contributed by atoms with Crippen LogP contribution in [0, 0.1) is 11.7 Å². The minimum absolute atomic E-state index is 0.135. The minimum atomic E-state index is -0.285. The third kappa shape index (κ3) is 4.71. The van der Waals surface area contributed by atoms with E-state index in [0.717, 1.165) is 23.3 Å². The van der Waals surface area contributed by atoms with Gasteiger partial charge in [0, 0.05) is 30.6 Å². The number of halogens is 1. The zero-order valence-electron chi connectivity index (χ0n) is 15.6. The van der Waals surface area contributed by atoms with Crippen molar-refractivity contribution < 1.29 is 18.4 Å². The lowest BCUT2D eigenvalue weighted by Crippen LogP contribution is -2.43. The lowest BCUT2D eigenvalue weighted by Gasteiger charge is -2.31. The molecule has 0 aliphatic carbocycles. The van der Waals surface area contributed by atoms with Crippen LogP contribution in [0.2, 0.25) is 0 Å². The van der Waals surface area contributed by atoms with E-state index in [4.69, 9.17) is 4.42 Å². The van der Waals surface area contributed by atoms with Crippen molar-refractivity contribution in [1.82, 2.24) is 9.88 Å². The number of hydrogen-bond acceptors (Lipinski definition) is 5. The molecule has 1 aromatic carbocycles. The van der Waals surface area contributed by atoms with Gasteiger partial charge in [0.15, 0.2) is 10.9 Å². The number of thiazole rings is 1. The van der Waals surface area contributed by atoms with E-state index in [0.29, 0.717) is 24.6 Å². The largest absolute Gasteiger partial charge is 0.459 e. The molecule has 4 rings (SSSR count). The molecule has 1 saturated heterocycles. The van der Waals surface area contributed by atoms with Crippen LogP contribution in [-0.4, -0.2) is 34.8 Å². The molecule has 8 heteroatoms. The quantitative estimate of drug-likeness (QED) is 0.687. The number of furan rings is 1. The van der Waals surface area contributed by atoms with Crippen LogP contribution in [0.3, 0.4) is 0 Å². The van der Waals surface area contributed by atoms with Gasteiger partial charge in [-0.3, -0.25) is 9.59 Å². The van der Waals surface area contributed by atoms with E-state index >= 15 is 0 Å². The number of amides is 2. The van der Waals surface area contributed by atoms with Gasteiger partial charge in [-0.1, -0.05) is 12.1 Å². The number of benzene rings is 1. The van der Waals surface area contributed by atoms with Crippen molar-refractivity contribution in [3.63, 3.8) is 0 Å². The Balaban J connectivity index is 1.34. The Morgan fingerprint density at radius 3 is 2.86 bits per heavy atom. The molecule has 150 valence electrons. The van der Waals surface area contributed by atoms with Crippen molar-refractivity contribution >= 4 is 28.3 Å². The highest BCUT2D eigenvalue weighted by Gasteiger charge is 2.30. The van der Waals surface area contributed by atoms with Crippen LogP contribution in [-0.2, 0) is 11.2 Å². The molecule has 1 aliphatic rings. The first-order chi connectivity index (χ1) is 14.1. The zero-order valence-corrected chi connectivity index (χ0v) is 16.5. The van der Waals surface area contributed by atoms with Crippen LogP contribution in [0.5, 0.6) is 0 Å². The second kappa shape index (κ2) is 8.57. The van der Waals surface area contributed by atoms with Gasteiger partial charge >= 0.3 is 0 Å². The molecule has 3 aromatic rings. The molecule has 0 bridgehead atoms. The minimum Gasteiger partial charge on any atom is -0.459 e. The van der Waals surface area contributed by atoms with Crippen molar-refractivity contribution in [3.8, 4) is 0 Å². The number of hydrogen-bond donors (Lipinski definition) is 1. The average Bonchev–Trinajstić information content (AvgIpc) is 3.42. The van der Waals surface area contributed by atoms with Gasteiger partial charge in [-0.2, -0.15) is 0 Å². The molecule has 6 nitrogen and oxygen atoms in total. The maximum Gasteiger partial charge on any atom is 0.289 e. The number of anilines is 1. The first kappa shape index (κ1) is 19.3. The van der Waals surface area contributed by atoms with Crippen molar-refractivity contribution in [3.05, 3.63) is 70.9 Å². The highest BCUT2D eigenvalue weighted by molar-refractivity contribution is 7.15. The van der Waals surface area contributed by atoms with E-state index in [-0.39, 0.29) is 29.3 Å². The summed E-state index contributed by atoms with van der Waals surface area (Å²) < 4.78 is 18.2. The number of carbonyl (C=O) groups is 2. The number of piperidine rings is 1. The Hall–Kier alpha value is -3.00. The standard InChI is InChI=1S/C21H20FN3O3S/c22-16-7-5-14(6-8-16)11-17-12-23-21(29-17)24-19(26)15-3-1-9-25(13-15)20(27)18-4-2-10-28-18/h2,4-8,10,12,15H,1,3,9,11,13H2,(H,23,24,26)/t15-/m1/s1. The Morgan fingerprint density at radius 2 is 2.10 bits per heavy atom. The SMILES string of the molecule is O=C(Nc1ncc(Cc2ccc(F)cc2)s1)[C@@H]1CCCN(C(=O)c2ccco2)C1. The number of nitrogens with one attached hydrogen (secondary N) is 1. The number of carbonyl (C=O) groups excluding carboxylic acids is 2. The summed E-state index contributed by atoms with van der Waals surface area (Å²) in [5.41, 5.74) is 0.979. The van der Waals surface area contributed by atoms with Gasteiger partial charge in [-0.15, -0.1) is 11.3 Å². The highest BCUT2D eigenvalue weighted by atomic mass is 32.1. The summed E-state index contributed by atoms with van der Waals surface area (Å²) >= 11 is 1.40. The summed E-state index contributed by atoms with van der Waals surface area (Å²) in [6.45, 7) is 0.974. The van der Waals surface area contributed by atoms with Crippen molar-refractivity contribution in [2.75, 3.05) is 18.4 Å². The smallest absolute Gasteiger partial charge is 0.289 e. The summed E-state index contributed by atoms with van der Waals surface area (Å²) in [5.74, 6) is -0.588. The van der Waals surface area contributed by atoms with E-state index < -0.39 is 0 Å². The van der Waals surface area contributed by atoms with Crippen LogP contribution >= 0.6 is 11.3 Å². The molecule has 0 radical (unpaired) electrons. The Bertz CT molecular complexity index is 985. The molecule has 0 unspecified atom stereocenters. The molecule has 0 saturated carbocycles. The molecule has 1 aliphatic heterocycles. The predicted octanol–water partition coefficient (Wildman–Crippen LogP) is 3.96. The van der Waals surface area contributed by atoms with Gasteiger partial charge in [-0.25, -0.2) is 9.37 Å². The molecule has 29 heavy (non-hydrogen) atoms. The topological polar surface area (TPSA) is 75.4 Å². The predicted molar refractivity (Wildman–Crippen MR) is 107 cm³/mol. The molecular formula is C21H20FN3O3S. The van der Waals surface area contributed by atoms with Gasteiger partial charge in [-0.05, 0) is 42.7 Å². The lowest BCUT2D eigenvalue weighted by atomic mass is 9.97. The molecule has 1 fully saturated rings. The third-order valence-corrected chi connectivity index (χ3v) is 5.80. The fraction of sp³-hybridized carbons (Fsp3) is 0.286. The van der Waals surface area contributed by atoms with E-state index in [1.54, 1.807) is 35.4 Å².